The molecule has 1 unspecified atom stereocenters. The summed E-state index contributed by atoms with van der Waals surface area (Å²) < 4.78 is 0.917. The van der Waals surface area contributed by atoms with Crippen LogP contribution in [0.5, 0.6) is 0 Å². The number of nitrogens with zero attached hydrogens (tertiary/aromatic N) is 1. The van der Waals surface area contributed by atoms with E-state index in [1.807, 2.05) is 63.2 Å². The fraction of sp³-hybridized carbons (Fsp3) is 0.192. The number of aromatic nitrogens is 1. The molecule has 3 aromatic carbocycles. The standard InChI is InChI=1S/C26H25N3O2S/c1-16-11-17(2)24(18(3)12-16)29-25(31)20-9-10-22-23(13-20)32-26(28-22)27-14-21(15-30)19-7-5-4-6-8-19/h4-13,15,21H,14H2,1-3H3,(H,27,28)(H,29,31). The lowest BCUT2D eigenvalue weighted by molar-refractivity contribution is -0.108. The van der Waals surface area contributed by atoms with Crippen molar-refractivity contribution < 1.29 is 9.59 Å². The molecule has 0 saturated carbocycles. The number of aldehydes is 1. The van der Waals surface area contributed by atoms with Crippen LogP contribution in [0.2, 0.25) is 0 Å². The molecule has 4 aromatic rings. The number of hydrogen-bond acceptors (Lipinski definition) is 5. The molecule has 6 heteroatoms. The third-order valence-corrected chi connectivity index (χ3v) is 6.41. The van der Waals surface area contributed by atoms with Crippen LogP contribution in [0.3, 0.4) is 0 Å². The molecular formula is C26H25N3O2S. The zero-order valence-electron chi connectivity index (χ0n) is 18.3. The molecule has 0 bridgehead atoms. The Morgan fingerprint density at radius 3 is 2.44 bits per heavy atom. The van der Waals surface area contributed by atoms with Gasteiger partial charge in [0.05, 0.1) is 16.1 Å². The highest BCUT2D eigenvalue weighted by Gasteiger charge is 2.14. The van der Waals surface area contributed by atoms with Gasteiger partial charge in [-0.25, -0.2) is 4.98 Å². The smallest absolute Gasteiger partial charge is 0.255 e. The Labute approximate surface area is 191 Å². The summed E-state index contributed by atoms with van der Waals surface area (Å²) in [6, 6.07) is 19.3. The van der Waals surface area contributed by atoms with Crippen molar-refractivity contribution in [1.82, 2.24) is 4.98 Å². The lowest BCUT2D eigenvalue weighted by Crippen LogP contribution is -2.13. The van der Waals surface area contributed by atoms with E-state index in [2.05, 4.69) is 27.8 Å². The van der Waals surface area contributed by atoms with Crippen molar-refractivity contribution >= 4 is 44.6 Å². The molecule has 1 heterocycles. The average Bonchev–Trinajstić information content (AvgIpc) is 3.19. The molecule has 0 aliphatic heterocycles. The number of amides is 1. The largest absolute Gasteiger partial charge is 0.360 e. The van der Waals surface area contributed by atoms with Gasteiger partial charge in [0.1, 0.15) is 6.29 Å². The molecular weight excluding hydrogens is 418 g/mol. The topological polar surface area (TPSA) is 71.1 Å². The summed E-state index contributed by atoms with van der Waals surface area (Å²) in [5, 5.41) is 7.05. The van der Waals surface area contributed by atoms with E-state index in [0.717, 1.165) is 44.0 Å². The van der Waals surface area contributed by atoms with E-state index in [1.54, 1.807) is 6.07 Å². The van der Waals surface area contributed by atoms with Gasteiger partial charge in [0.15, 0.2) is 5.13 Å². The number of carbonyl (C=O) groups is 2. The van der Waals surface area contributed by atoms with Crippen molar-refractivity contribution in [1.29, 1.82) is 0 Å². The van der Waals surface area contributed by atoms with Gasteiger partial charge in [0.2, 0.25) is 0 Å². The number of rotatable bonds is 7. The quantitative estimate of drug-likeness (QED) is 0.351. The summed E-state index contributed by atoms with van der Waals surface area (Å²) in [5.74, 6) is -0.388. The summed E-state index contributed by atoms with van der Waals surface area (Å²) in [7, 11) is 0. The molecule has 0 fully saturated rings. The lowest BCUT2D eigenvalue weighted by atomic mass is 10.0. The highest BCUT2D eigenvalue weighted by Crippen LogP contribution is 2.28. The van der Waals surface area contributed by atoms with E-state index in [9.17, 15) is 9.59 Å². The Bertz CT molecular complexity index is 1260. The van der Waals surface area contributed by atoms with E-state index in [0.29, 0.717) is 12.1 Å². The second-order valence-corrected chi connectivity index (χ2v) is 8.99. The number of benzene rings is 3. The number of nitrogens with one attached hydrogen (secondary N) is 2. The molecule has 4 rings (SSSR count). The van der Waals surface area contributed by atoms with Crippen molar-refractivity contribution in [3.8, 4) is 0 Å². The zero-order valence-corrected chi connectivity index (χ0v) is 19.1. The Hall–Kier alpha value is -3.51. The van der Waals surface area contributed by atoms with E-state index in [1.165, 1.54) is 16.9 Å². The van der Waals surface area contributed by atoms with Crippen LogP contribution in [0.1, 0.15) is 38.5 Å². The molecule has 1 aromatic heterocycles. The van der Waals surface area contributed by atoms with Gasteiger partial charge in [-0.1, -0.05) is 59.4 Å². The Balaban J connectivity index is 1.49. The first-order valence-electron chi connectivity index (χ1n) is 10.5. The molecule has 1 atom stereocenters. The van der Waals surface area contributed by atoms with Gasteiger partial charge in [-0.15, -0.1) is 0 Å². The number of thiazole rings is 1. The average molecular weight is 444 g/mol. The minimum absolute atomic E-state index is 0.144. The van der Waals surface area contributed by atoms with Crippen LogP contribution in [0.25, 0.3) is 10.2 Å². The van der Waals surface area contributed by atoms with Crippen LogP contribution in [0.4, 0.5) is 10.8 Å². The lowest BCUT2D eigenvalue weighted by Gasteiger charge is -2.12. The molecule has 5 nitrogen and oxygen atoms in total. The minimum Gasteiger partial charge on any atom is -0.360 e. The van der Waals surface area contributed by atoms with E-state index < -0.39 is 0 Å². The molecule has 0 spiro atoms. The van der Waals surface area contributed by atoms with Crippen LogP contribution in [0.15, 0.2) is 60.7 Å². The third-order valence-electron chi connectivity index (χ3n) is 5.43. The summed E-state index contributed by atoms with van der Waals surface area (Å²) in [6.07, 6.45) is 0.952. The molecule has 2 N–H and O–H groups in total. The van der Waals surface area contributed by atoms with E-state index >= 15 is 0 Å². The highest BCUT2D eigenvalue weighted by atomic mass is 32.1. The van der Waals surface area contributed by atoms with Crippen molar-refractivity contribution in [3.63, 3.8) is 0 Å². The van der Waals surface area contributed by atoms with Crippen molar-refractivity contribution in [2.75, 3.05) is 17.2 Å². The molecule has 32 heavy (non-hydrogen) atoms. The summed E-state index contributed by atoms with van der Waals surface area (Å²) in [5.41, 5.74) is 6.49. The van der Waals surface area contributed by atoms with Crippen LogP contribution in [-0.4, -0.2) is 23.7 Å². The van der Waals surface area contributed by atoms with Crippen molar-refractivity contribution in [3.05, 3.63) is 88.5 Å². The number of anilines is 2. The molecule has 1 amide bonds. The Morgan fingerprint density at radius 2 is 1.75 bits per heavy atom. The van der Waals surface area contributed by atoms with E-state index in [-0.39, 0.29) is 11.8 Å². The number of aryl methyl sites for hydroxylation is 3. The Morgan fingerprint density at radius 1 is 1.03 bits per heavy atom. The molecule has 0 aliphatic rings. The second kappa shape index (κ2) is 9.32. The number of fused-ring (bicyclic) bond motifs is 1. The zero-order chi connectivity index (χ0) is 22.7. The maximum absolute atomic E-state index is 12.9. The predicted molar refractivity (Wildman–Crippen MR) is 132 cm³/mol. The maximum Gasteiger partial charge on any atom is 0.255 e. The van der Waals surface area contributed by atoms with Crippen LogP contribution in [-0.2, 0) is 4.79 Å². The minimum atomic E-state index is -0.245. The van der Waals surface area contributed by atoms with Gasteiger partial charge in [0.25, 0.3) is 5.91 Å². The fourth-order valence-electron chi connectivity index (χ4n) is 3.85. The van der Waals surface area contributed by atoms with Crippen LogP contribution >= 0.6 is 11.3 Å². The molecule has 0 radical (unpaired) electrons. The first-order chi connectivity index (χ1) is 15.4. The first-order valence-corrected chi connectivity index (χ1v) is 11.3. The van der Waals surface area contributed by atoms with Crippen LogP contribution in [0, 0.1) is 20.8 Å². The van der Waals surface area contributed by atoms with Gasteiger partial charge in [0, 0.05) is 17.8 Å². The van der Waals surface area contributed by atoms with Gasteiger partial charge in [-0.3, -0.25) is 4.79 Å². The summed E-state index contributed by atoms with van der Waals surface area (Å²) in [4.78, 5) is 29.0. The van der Waals surface area contributed by atoms with Crippen molar-refractivity contribution in [2.45, 2.75) is 26.7 Å². The molecule has 0 aliphatic carbocycles. The molecule has 0 saturated heterocycles. The normalized spacial score (nSPS) is 11.8. The van der Waals surface area contributed by atoms with Gasteiger partial charge in [-0.2, -0.15) is 0 Å². The highest BCUT2D eigenvalue weighted by molar-refractivity contribution is 7.22. The van der Waals surface area contributed by atoms with Crippen LogP contribution < -0.4 is 10.6 Å². The first kappa shape index (κ1) is 21.7. The molecule has 162 valence electrons. The van der Waals surface area contributed by atoms with Gasteiger partial charge < -0.3 is 15.4 Å². The number of hydrogen-bond donors (Lipinski definition) is 2. The van der Waals surface area contributed by atoms with Gasteiger partial charge >= 0.3 is 0 Å². The summed E-state index contributed by atoms with van der Waals surface area (Å²) >= 11 is 1.47. The third kappa shape index (κ3) is 4.70. The Kier molecular flexibility index (Phi) is 6.32. The predicted octanol–water partition coefficient (Wildman–Crippen LogP) is 5.87. The van der Waals surface area contributed by atoms with Crippen molar-refractivity contribution in [2.24, 2.45) is 0 Å². The fourth-order valence-corrected chi connectivity index (χ4v) is 4.76. The SMILES string of the molecule is Cc1cc(C)c(NC(=O)c2ccc3nc(NCC(C=O)c4ccccc4)sc3c2)c(C)c1. The summed E-state index contributed by atoms with van der Waals surface area (Å²) in [6.45, 7) is 6.52. The van der Waals surface area contributed by atoms with Gasteiger partial charge in [-0.05, 0) is 55.7 Å². The van der Waals surface area contributed by atoms with E-state index in [4.69, 9.17) is 0 Å². The second-order valence-electron chi connectivity index (χ2n) is 7.96. The monoisotopic (exact) mass is 443 g/mol. The number of carbonyl (C=O) groups excluding carboxylic acids is 2. The maximum atomic E-state index is 12.9.